The van der Waals surface area contributed by atoms with Gasteiger partial charge in [-0.15, -0.1) is 0 Å². The number of aliphatic imine (C=N–C) groups is 1. The molecule has 4 rings (SSSR count). The highest BCUT2D eigenvalue weighted by Gasteiger charge is 2.22. The van der Waals surface area contributed by atoms with Gasteiger partial charge in [0.15, 0.2) is 5.96 Å². The Hall–Kier alpha value is -3.07. The van der Waals surface area contributed by atoms with Crippen LogP contribution in [0.25, 0.3) is 0 Å². The van der Waals surface area contributed by atoms with Crippen LogP contribution >= 0.6 is 0 Å². The molecule has 1 atom stereocenters. The fourth-order valence-electron chi connectivity index (χ4n) is 4.07. The van der Waals surface area contributed by atoms with Crippen molar-refractivity contribution in [2.75, 3.05) is 0 Å². The van der Waals surface area contributed by atoms with E-state index < -0.39 is 0 Å². The molecule has 4 N–H and O–H groups in total. The average Bonchev–Trinajstić information content (AvgIpc) is 2.68. The number of nitrogens with zero attached hydrogens (tertiary/aromatic N) is 1. The van der Waals surface area contributed by atoms with Crippen molar-refractivity contribution in [1.29, 1.82) is 0 Å². The number of rotatable bonds is 4. The van der Waals surface area contributed by atoms with Crippen molar-refractivity contribution in [1.82, 2.24) is 0 Å². The number of guanidine groups is 1. The summed E-state index contributed by atoms with van der Waals surface area (Å²) in [5, 5.41) is 0. The molecule has 0 bridgehead atoms. The Bertz CT molecular complexity index is 939. The Morgan fingerprint density at radius 3 is 2.41 bits per heavy atom. The van der Waals surface area contributed by atoms with E-state index in [1.807, 2.05) is 12.1 Å². The first-order chi connectivity index (χ1) is 13.2. The number of hydrogen-bond acceptors (Lipinski definition) is 1. The Morgan fingerprint density at radius 1 is 0.889 bits per heavy atom. The first-order valence-corrected chi connectivity index (χ1v) is 9.54. The van der Waals surface area contributed by atoms with Gasteiger partial charge in [0.2, 0.25) is 0 Å². The second kappa shape index (κ2) is 7.67. The van der Waals surface area contributed by atoms with Crippen molar-refractivity contribution >= 4 is 11.6 Å². The summed E-state index contributed by atoms with van der Waals surface area (Å²) in [6.45, 7) is 0. The first kappa shape index (κ1) is 17.3. The van der Waals surface area contributed by atoms with Crippen LogP contribution in [0.4, 0.5) is 5.69 Å². The summed E-state index contributed by atoms with van der Waals surface area (Å²) < 4.78 is 0. The van der Waals surface area contributed by atoms with E-state index in [0.29, 0.717) is 5.92 Å². The highest BCUT2D eigenvalue weighted by molar-refractivity contribution is 5.79. The minimum atomic E-state index is 0.0938. The van der Waals surface area contributed by atoms with Crippen LogP contribution in [-0.2, 0) is 12.8 Å². The summed E-state index contributed by atoms with van der Waals surface area (Å²) in [6, 6.07) is 26.0. The molecule has 3 aromatic rings. The molecule has 0 saturated carbocycles. The normalized spacial score (nSPS) is 15.8. The van der Waals surface area contributed by atoms with Gasteiger partial charge in [-0.3, -0.25) is 0 Å². The molecule has 3 aromatic carbocycles. The lowest BCUT2D eigenvalue weighted by molar-refractivity contribution is 0.615. The topological polar surface area (TPSA) is 64.4 Å². The van der Waals surface area contributed by atoms with Crippen molar-refractivity contribution in [3.63, 3.8) is 0 Å². The van der Waals surface area contributed by atoms with Gasteiger partial charge in [-0.25, -0.2) is 4.99 Å². The van der Waals surface area contributed by atoms with Crippen molar-refractivity contribution in [2.24, 2.45) is 16.5 Å². The number of fused-ring (bicyclic) bond motifs is 1. The van der Waals surface area contributed by atoms with Gasteiger partial charge < -0.3 is 11.5 Å². The van der Waals surface area contributed by atoms with Crippen molar-refractivity contribution in [3.8, 4) is 0 Å². The van der Waals surface area contributed by atoms with Crippen LogP contribution in [-0.4, -0.2) is 5.96 Å². The van der Waals surface area contributed by atoms with Crippen LogP contribution < -0.4 is 11.5 Å². The molecule has 27 heavy (non-hydrogen) atoms. The van der Waals surface area contributed by atoms with Crippen molar-refractivity contribution in [2.45, 2.75) is 31.6 Å². The average molecular weight is 355 g/mol. The Morgan fingerprint density at radius 2 is 1.67 bits per heavy atom. The zero-order valence-corrected chi connectivity index (χ0v) is 15.4. The van der Waals surface area contributed by atoms with E-state index in [4.69, 9.17) is 11.5 Å². The summed E-state index contributed by atoms with van der Waals surface area (Å²) in [7, 11) is 0. The lowest BCUT2D eigenvalue weighted by atomic mass is 9.78. The number of nitrogens with two attached hydrogens (primary N) is 2. The van der Waals surface area contributed by atoms with Crippen molar-refractivity contribution < 1.29 is 0 Å². The molecular formula is C24H25N3. The van der Waals surface area contributed by atoms with Gasteiger partial charge in [-0.2, -0.15) is 0 Å². The molecule has 0 saturated heterocycles. The van der Waals surface area contributed by atoms with E-state index in [0.717, 1.165) is 12.1 Å². The lowest BCUT2D eigenvalue weighted by Crippen LogP contribution is -2.21. The maximum atomic E-state index is 5.48. The van der Waals surface area contributed by atoms with Crippen molar-refractivity contribution in [3.05, 3.63) is 101 Å². The second-order valence-corrected chi connectivity index (χ2v) is 7.27. The lowest BCUT2D eigenvalue weighted by Gasteiger charge is -2.27. The molecule has 3 heteroatoms. The fraction of sp³-hybridized carbons (Fsp3) is 0.208. The molecule has 1 aliphatic carbocycles. The number of benzene rings is 3. The summed E-state index contributed by atoms with van der Waals surface area (Å²) in [6.07, 6.45) is 4.56. The molecule has 0 aromatic heterocycles. The SMILES string of the molecule is NC(N)=Nc1ccc(C2CCCc3ccc(Cc4ccccc4)cc32)cc1. The van der Waals surface area contributed by atoms with E-state index in [-0.39, 0.29) is 5.96 Å². The molecule has 3 nitrogen and oxygen atoms in total. The molecule has 0 amide bonds. The molecule has 0 heterocycles. The van der Waals surface area contributed by atoms with Gasteiger partial charge in [0.05, 0.1) is 5.69 Å². The van der Waals surface area contributed by atoms with Crippen LogP contribution in [0, 0.1) is 0 Å². The quantitative estimate of drug-likeness (QED) is 0.528. The minimum Gasteiger partial charge on any atom is -0.370 e. The summed E-state index contributed by atoms with van der Waals surface area (Å²) in [5.41, 5.74) is 18.8. The van der Waals surface area contributed by atoms with E-state index >= 15 is 0 Å². The minimum absolute atomic E-state index is 0.0938. The van der Waals surface area contributed by atoms with E-state index in [1.165, 1.54) is 47.1 Å². The van der Waals surface area contributed by atoms with Gasteiger partial charge in [-0.1, -0.05) is 60.7 Å². The van der Waals surface area contributed by atoms with E-state index in [2.05, 4.69) is 65.7 Å². The van der Waals surface area contributed by atoms with Gasteiger partial charge in [0, 0.05) is 5.92 Å². The van der Waals surface area contributed by atoms with E-state index in [9.17, 15) is 0 Å². The van der Waals surface area contributed by atoms with Gasteiger partial charge in [-0.05, 0) is 65.6 Å². The third kappa shape index (κ3) is 4.03. The molecular weight excluding hydrogens is 330 g/mol. The summed E-state index contributed by atoms with van der Waals surface area (Å²) >= 11 is 0. The van der Waals surface area contributed by atoms with Crippen LogP contribution in [0.15, 0.2) is 77.8 Å². The third-order valence-corrected chi connectivity index (χ3v) is 5.33. The van der Waals surface area contributed by atoms with E-state index in [1.54, 1.807) is 0 Å². The first-order valence-electron chi connectivity index (χ1n) is 9.54. The zero-order chi connectivity index (χ0) is 18.6. The molecule has 1 aliphatic rings. The third-order valence-electron chi connectivity index (χ3n) is 5.33. The molecule has 0 fully saturated rings. The Labute approximate surface area is 160 Å². The fourth-order valence-corrected chi connectivity index (χ4v) is 4.07. The standard InChI is InChI=1S/C24H25N3/c25-24(26)27-21-13-11-20(12-14-21)22-8-4-7-19-10-9-18(16-23(19)22)15-17-5-2-1-3-6-17/h1-3,5-6,9-14,16,22H,4,7-8,15H2,(H4,25,26,27). The molecule has 0 aliphatic heterocycles. The zero-order valence-electron chi connectivity index (χ0n) is 15.4. The molecule has 136 valence electrons. The highest BCUT2D eigenvalue weighted by Crippen LogP contribution is 2.38. The predicted octanol–water partition coefficient (Wildman–Crippen LogP) is 4.65. The van der Waals surface area contributed by atoms with Gasteiger partial charge >= 0.3 is 0 Å². The second-order valence-electron chi connectivity index (χ2n) is 7.27. The Kier molecular flexibility index (Phi) is 4.93. The smallest absolute Gasteiger partial charge is 0.191 e. The number of hydrogen-bond donors (Lipinski definition) is 2. The highest BCUT2D eigenvalue weighted by atomic mass is 15.0. The van der Waals surface area contributed by atoms with Gasteiger partial charge in [0.25, 0.3) is 0 Å². The summed E-state index contributed by atoms with van der Waals surface area (Å²) in [5.74, 6) is 0.536. The molecule has 0 spiro atoms. The largest absolute Gasteiger partial charge is 0.370 e. The molecule has 1 unspecified atom stereocenters. The van der Waals surface area contributed by atoms with Crippen LogP contribution in [0.5, 0.6) is 0 Å². The Balaban J connectivity index is 1.63. The number of aryl methyl sites for hydroxylation is 1. The predicted molar refractivity (Wildman–Crippen MR) is 112 cm³/mol. The monoisotopic (exact) mass is 355 g/mol. The maximum absolute atomic E-state index is 5.48. The maximum Gasteiger partial charge on any atom is 0.191 e. The summed E-state index contributed by atoms with van der Waals surface area (Å²) in [4.78, 5) is 4.12. The molecule has 0 radical (unpaired) electrons. The van der Waals surface area contributed by atoms with Gasteiger partial charge in [0.1, 0.15) is 0 Å². The van der Waals surface area contributed by atoms with Crippen LogP contribution in [0.1, 0.15) is 46.6 Å². The van der Waals surface area contributed by atoms with Crippen LogP contribution in [0.2, 0.25) is 0 Å². The van der Waals surface area contributed by atoms with Crippen LogP contribution in [0.3, 0.4) is 0 Å².